The first-order valence-corrected chi connectivity index (χ1v) is 7.52. The number of nitrogens with zero attached hydrogens (tertiary/aromatic N) is 1. The average molecular weight is 276 g/mol. The summed E-state index contributed by atoms with van der Waals surface area (Å²) in [7, 11) is 0. The molecule has 0 radical (unpaired) electrons. The van der Waals surface area contributed by atoms with Gasteiger partial charge in [-0.25, -0.2) is 4.39 Å². The van der Waals surface area contributed by atoms with Crippen molar-refractivity contribution in [1.29, 1.82) is 0 Å². The summed E-state index contributed by atoms with van der Waals surface area (Å²) in [5, 5.41) is 7.53. The summed E-state index contributed by atoms with van der Waals surface area (Å²) in [6, 6.07) is 9.26. The van der Waals surface area contributed by atoms with E-state index < -0.39 is 0 Å². The monoisotopic (exact) mass is 276 g/mol. The Morgan fingerprint density at radius 1 is 1.16 bits per heavy atom. The Hall–Kier alpha value is -1.23. The summed E-state index contributed by atoms with van der Waals surface area (Å²) < 4.78 is 14.1. The molecule has 1 fully saturated rings. The molecule has 2 aromatic rings. The lowest BCUT2D eigenvalue weighted by atomic mass is 9.98. The maximum atomic E-state index is 14.1. The van der Waals surface area contributed by atoms with Gasteiger partial charge < -0.3 is 5.32 Å². The molecule has 1 aromatic heterocycles. The normalized spacial score (nSPS) is 18.4. The van der Waals surface area contributed by atoms with Crippen LogP contribution in [0.1, 0.15) is 17.2 Å². The molecular formula is C15H17FN2S. The molecule has 1 aliphatic heterocycles. The summed E-state index contributed by atoms with van der Waals surface area (Å²) in [4.78, 5) is 2.36. The van der Waals surface area contributed by atoms with Crippen molar-refractivity contribution in [3.05, 3.63) is 58.0 Å². The summed E-state index contributed by atoms with van der Waals surface area (Å²) in [5.41, 5.74) is 1.97. The van der Waals surface area contributed by atoms with Crippen molar-refractivity contribution < 1.29 is 4.39 Å². The lowest BCUT2D eigenvalue weighted by Gasteiger charge is -2.35. The molecule has 1 aliphatic rings. The van der Waals surface area contributed by atoms with Crippen LogP contribution in [0.15, 0.2) is 41.1 Å². The van der Waals surface area contributed by atoms with E-state index in [0.717, 1.165) is 31.7 Å². The van der Waals surface area contributed by atoms with Crippen molar-refractivity contribution in [2.75, 3.05) is 26.2 Å². The van der Waals surface area contributed by atoms with Crippen molar-refractivity contribution in [3.8, 4) is 0 Å². The number of thiophene rings is 1. The van der Waals surface area contributed by atoms with Gasteiger partial charge in [-0.3, -0.25) is 4.90 Å². The molecule has 100 valence electrons. The average Bonchev–Trinajstić information content (AvgIpc) is 2.96. The fourth-order valence-electron chi connectivity index (χ4n) is 2.65. The van der Waals surface area contributed by atoms with Gasteiger partial charge >= 0.3 is 0 Å². The van der Waals surface area contributed by atoms with Gasteiger partial charge in [0.1, 0.15) is 5.82 Å². The van der Waals surface area contributed by atoms with Crippen molar-refractivity contribution in [2.24, 2.45) is 0 Å². The largest absolute Gasteiger partial charge is 0.314 e. The zero-order valence-electron chi connectivity index (χ0n) is 10.7. The van der Waals surface area contributed by atoms with Crippen molar-refractivity contribution >= 4 is 11.3 Å². The van der Waals surface area contributed by atoms with Crippen LogP contribution in [0.5, 0.6) is 0 Å². The van der Waals surface area contributed by atoms with E-state index in [-0.39, 0.29) is 11.9 Å². The maximum Gasteiger partial charge on any atom is 0.128 e. The quantitative estimate of drug-likeness (QED) is 0.927. The molecule has 1 N–H and O–H groups in total. The first kappa shape index (κ1) is 12.8. The number of rotatable bonds is 3. The van der Waals surface area contributed by atoms with E-state index in [9.17, 15) is 4.39 Å². The molecule has 1 saturated heterocycles. The Morgan fingerprint density at radius 3 is 2.63 bits per heavy atom. The number of nitrogens with one attached hydrogen (secondary N) is 1. The van der Waals surface area contributed by atoms with E-state index >= 15 is 0 Å². The topological polar surface area (TPSA) is 15.3 Å². The third kappa shape index (κ3) is 2.71. The molecule has 0 bridgehead atoms. The first-order chi connectivity index (χ1) is 9.36. The summed E-state index contributed by atoms with van der Waals surface area (Å²) >= 11 is 1.67. The molecule has 0 saturated carbocycles. The first-order valence-electron chi connectivity index (χ1n) is 6.57. The lowest BCUT2D eigenvalue weighted by Crippen LogP contribution is -2.45. The van der Waals surface area contributed by atoms with Gasteiger partial charge in [-0.2, -0.15) is 11.3 Å². The summed E-state index contributed by atoms with van der Waals surface area (Å²) in [6.07, 6.45) is 0. The van der Waals surface area contributed by atoms with Gasteiger partial charge in [0.05, 0.1) is 6.04 Å². The second kappa shape index (κ2) is 5.82. The molecule has 0 unspecified atom stereocenters. The van der Waals surface area contributed by atoms with Gasteiger partial charge in [-0.1, -0.05) is 18.2 Å². The highest BCUT2D eigenvalue weighted by Gasteiger charge is 2.26. The van der Waals surface area contributed by atoms with Crippen LogP contribution in [-0.4, -0.2) is 31.1 Å². The smallest absolute Gasteiger partial charge is 0.128 e. The Kier molecular flexibility index (Phi) is 3.92. The predicted molar refractivity (Wildman–Crippen MR) is 77.0 cm³/mol. The Bertz CT molecular complexity index is 521. The molecule has 19 heavy (non-hydrogen) atoms. The third-order valence-corrected chi connectivity index (χ3v) is 4.28. The highest BCUT2D eigenvalue weighted by molar-refractivity contribution is 7.08. The number of piperazine rings is 1. The zero-order chi connectivity index (χ0) is 13.1. The van der Waals surface area contributed by atoms with Gasteiger partial charge in [0.15, 0.2) is 0 Å². The van der Waals surface area contributed by atoms with Crippen LogP contribution in [0.4, 0.5) is 4.39 Å². The molecule has 0 amide bonds. The highest BCUT2D eigenvalue weighted by Crippen LogP contribution is 2.31. The minimum Gasteiger partial charge on any atom is -0.314 e. The van der Waals surface area contributed by atoms with Crippen LogP contribution in [0.2, 0.25) is 0 Å². The van der Waals surface area contributed by atoms with Crippen LogP contribution in [0, 0.1) is 5.82 Å². The molecule has 0 spiro atoms. The van der Waals surface area contributed by atoms with Gasteiger partial charge in [0, 0.05) is 31.7 Å². The molecule has 1 aromatic carbocycles. The van der Waals surface area contributed by atoms with E-state index in [0.29, 0.717) is 0 Å². The highest BCUT2D eigenvalue weighted by atomic mass is 32.1. The standard InChI is InChI=1S/C15H17FN2S/c16-14-4-2-1-3-13(14)15(12-5-10-19-11-12)18-8-6-17-7-9-18/h1-5,10-11,15,17H,6-9H2/t15-/m1/s1. The maximum absolute atomic E-state index is 14.1. The molecule has 0 aliphatic carbocycles. The number of halogens is 1. The van der Waals surface area contributed by atoms with Crippen molar-refractivity contribution in [2.45, 2.75) is 6.04 Å². The summed E-state index contributed by atoms with van der Waals surface area (Å²) in [6.45, 7) is 3.84. The molecular weight excluding hydrogens is 259 g/mol. The van der Waals surface area contributed by atoms with E-state index in [1.165, 1.54) is 5.56 Å². The molecule has 2 heterocycles. The van der Waals surface area contributed by atoms with Crippen molar-refractivity contribution in [1.82, 2.24) is 10.2 Å². The van der Waals surface area contributed by atoms with E-state index in [1.807, 2.05) is 12.1 Å². The van der Waals surface area contributed by atoms with Crippen LogP contribution in [0.25, 0.3) is 0 Å². The molecule has 2 nitrogen and oxygen atoms in total. The van der Waals surface area contributed by atoms with E-state index in [1.54, 1.807) is 23.5 Å². The Labute approximate surface area is 116 Å². The molecule has 1 atom stereocenters. The predicted octanol–water partition coefficient (Wildman–Crippen LogP) is 2.88. The van der Waals surface area contributed by atoms with E-state index in [4.69, 9.17) is 0 Å². The number of hydrogen-bond acceptors (Lipinski definition) is 3. The fourth-order valence-corrected chi connectivity index (χ4v) is 3.33. The number of hydrogen-bond donors (Lipinski definition) is 1. The van der Waals surface area contributed by atoms with Gasteiger partial charge in [0.25, 0.3) is 0 Å². The van der Waals surface area contributed by atoms with Crippen LogP contribution >= 0.6 is 11.3 Å². The SMILES string of the molecule is Fc1ccccc1[C@@H](c1ccsc1)N1CCNCC1. The van der Waals surface area contributed by atoms with Gasteiger partial charge in [-0.15, -0.1) is 0 Å². The van der Waals surface area contributed by atoms with Crippen LogP contribution in [0.3, 0.4) is 0 Å². The van der Waals surface area contributed by atoms with Gasteiger partial charge in [0.2, 0.25) is 0 Å². The lowest BCUT2D eigenvalue weighted by molar-refractivity contribution is 0.195. The second-order valence-electron chi connectivity index (χ2n) is 4.77. The van der Waals surface area contributed by atoms with Crippen LogP contribution < -0.4 is 5.32 Å². The van der Waals surface area contributed by atoms with E-state index in [2.05, 4.69) is 27.0 Å². The third-order valence-electron chi connectivity index (χ3n) is 3.58. The van der Waals surface area contributed by atoms with Crippen molar-refractivity contribution in [3.63, 3.8) is 0 Å². The Morgan fingerprint density at radius 2 is 1.95 bits per heavy atom. The minimum atomic E-state index is -0.114. The zero-order valence-corrected chi connectivity index (χ0v) is 11.5. The Balaban J connectivity index is 1.99. The second-order valence-corrected chi connectivity index (χ2v) is 5.55. The summed E-state index contributed by atoms with van der Waals surface area (Å²) in [5.74, 6) is -0.114. The fraction of sp³-hybridized carbons (Fsp3) is 0.333. The minimum absolute atomic E-state index is 0.0366. The molecule has 3 rings (SSSR count). The molecule has 4 heteroatoms. The van der Waals surface area contributed by atoms with Gasteiger partial charge in [-0.05, 0) is 28.5 Å². The van der Waals surface area contributed by atoms with Crippen LogP contribution in [-0.2, 0) is 0 Å². The number of benzene rings is 1.